The molecule has 0 fully saturated rings. The summed E-state index contributed by atoms with van der Waals surface area (Å²) in [4.78, 5) is 13.9. The van der Waals surface area contributed by atoms with Crippen LogP contribution in [0.2, 0.25) is 0 Å². The molecule has 2 aromatic carbocycles. The fourth-order valence-corrected chi connectivity index (χ4v) is 2.70. The summed E-state index contributed by atoms with van der Waals surface area (Å²) in [5.41, 5.74) is 2.49. The van der Waals surface area contributed by atoms with Crippen molar-refractivity contribution in [2.75, 3.05) is 0 Å². The Balaban J connectivity index is 2.17. The second-order valence-electron chi connectivity index (χ2n) is 6.21. The number of rotatable bonds is 8. The molecule has 2 aromatic rings. The fourth-order valence-electron chi connectivity index (χ4n) is 2.70. The molecule has 0 spiro atoms. The summed E-state index contributed by atoms with van der Waals surface area (Å²) in [5.74, 6) is 0.504. The van der Waals surface area contributed by atoms with Gasteiger partial charge in [-0.05, 0) is 23.5 Å². The van der Waals surface area contributed by atoms with Crippen LogP contribution in [-0.2, 0) is 17.9 Å². The van der Waals surface area contributed by atoms with Gasteiger partial charge < -0.3 is 4.79 Å². The standard InChI is InChI=1S/C20H25NO/c1-17(2)13-20(16-22)21(14-18-9-5-3-6-10-18)15-19-11-7-4-8-12-19/h3-12,16-17,20H,13-15H2,1-2H3/t20-/m1/s1. The Bertz CT molecular complexity index is 509. The normalized spacial score (nSPS) is 12.5. The molecule has 0 aliphatic rings. The van der Waals surface area contributed by atoms with Gasteiger partial charge in [0.15, 0.2) is 0 Å². The van der Waals surface area contributed by atoms with Gasteiger partial charge in [0, 0.05) is 13.1 Å². The molecule has 2 heteroatoms. The maximum absolute atomic E-state index is 11.6. The van der Waals surface area contributed by atoms with E-state index in [0.717, 1.165) is 25.8 Å². The highest BCUT2D eigenvalue weighted by Crippen LogP contribution is 2.17. The molecule has 0 N–H and O–H groups in total. The zero-order chi connectivity index (χ0) is 15.8. The van der Waals surface area contributed by atoms with Crippen LogP contribution in [0.5, 0.6) is 0 Å². The Kier molecular flexibility index (Phi) is 6.35. The number of hydrogen-bond donors (Lipinski definition) is 0. The van der Waals surface area contributed by atoms with Crippen molar-refractivity contribution in [1.29, 1.82) is 0 Å². The highest BCUT2D eigenvalue weighted by atomic mass is 16.1. The minimum Gasteiger partial charge on any atom is -0.302 e. The molecule has 0 amide bonds. The van der Waals surface area contributed by atoms with E-state index in [0.29, 0.717) is 5.92 Å². The van der Waals surface area contributed by atoms with Gasteiger partial charge in [-0.2, -0.15) is 0 Å². The van der Waals surface area contributed by atoms with E-state index in [2.05, 4.69) is 43.0 Å². The molecule has 116 valence electrons. The van der Waals surface area contributed by atoms with Gasteiger partial charge >= 0.3 is 0 Å². The zero-order valence-corrected chi connectivity index (χ0v) is 13.5. The summed E-state index contributed by atoms with van der Waals surface area (Å²) in [5, 5.41) is 0. The summed E-state index contributed by atoms with van der Waals surface area (Å²) in [6, 6.07) is 20.7. The SMILES string of the molecule is CC(C)C[C@H](C=O)N(Cc1ccccc1)Cc1ccccc1. The average Bonchev–Trinajstić information content (AvgIpc) is 2.54. The topological polar surface area (TPSA) is 20.3 Å². The first-order valence-corrected chi connectivity index (χ1v) is 7.96. The van der Waals surface area contributed by atoms with Crippen molar-refractivity contribution in [1.82, 2.24) is 4.90 Å². The lowest BCUT2D eigenvalue weighted by atomic mass is 10.0. The Hall–Kier alpha value is -1.93. The Morgan fingerprint density at radius 1 is 0.864 bits per heavy atom. The summed E-state index contributed by atoms with van der Waals surface area (Å²) in [6.45, 7) is 5.93. The molecule has 0 aromatic heterocycles. The van der Waals surface area contributed by atoms with Gasteiger partial charge in [-0.15, -0.1) is 0 Å². The minimum absolute atomic E-state index is 0.0413. The van der Waals surface area contributed by atoms with Gasteiger partial charge in [0.2, 0.25) is 0 Å². The molecule has 2 rings (SSSR count). The van der Waals surface area contributed by atoms with E-state index in [1.165, 1.54) is 11.1 Å². The van der Waals surface area contributed by atoms with Gasteiger partial charge in [0.25, 0.3) is 0 Å². The van der Waals surface area contributed by atoms with E-state index in [9.17, 15) is 4.79 Å². The molecule has 2 nitrogen and oxygen atoms in total. The third-order valence-electron chi connectivity index (χ3n) is 3.80. The molecule has 0 unspecified atom stereocenters. The number of carbonyl (C=O) groups excluding carboxylic acids is 1. The molecule has 0 heterocycles. The van der Waals surface area contributed by atoms with Crippen LogP contribution in [0, 0.1) is 5.92 Å². The molecule has 0 saturated heterocycles. The van der Waals surface area contributed by atoms with Gasteiger partial charge in [-0.1, -0.05) is 74.5 Å². The van der Waals surface area contributed by atoms with E-state index in [1.807, 2.05) is 36.4 Å². The Labute approximate surface area is 133 Å². The van der Waals surface area contributed by atoms with Crippen LogP contribution in [0.4, 0.5) is 0 Å². The van der Waals surface area contributed by atoms with Crippen LogP contribution in [0.3, 0.4) is 0 Å². The molecular formula is C20H25NO. The van der Waals surface area contributed by atoms with Crippen LogP contribution in [0.25, 0.3) is 0 Å². The number of benzene rings is 2. The Morgan fingerprint density at radius 2 is 1.32 bits per heavy atom. The number of hydrogen-bond acceptors (Lipinski definition) is 2. The lowest BCUT2D eigenvalue weighted by Crippen LogP contribution is -2.36. The highest BCUT2D eigenvalue weighted by molar-refractivity contribution is 5.57. The first kappa shape index (κ1) is 16.4. The van der Waals surface area contributed by atoms with E-state index < -0.39 is 0 Å². The quantitative estimate of drug-likeness (QED) is 0.677. The van der Waals surface area contributed by atoms with Crippen molar-refractivity contribution in [3.63, 3.8) is 0 Å². The van der Waals surface area contributed by atoms with Crippen molar-refractivity contribution in [3.05, 3.63) is 71.8 Å². The van der Waals surface area contributed by atoms with Crippen molar-refractivity contribution in [2.24, 2.45) is 5.92 Å². The van der Waals surface area contributed by atoms with Gasteiger partial charge in [0.1, 0.15) is 6.29 Å². The lowest BCUT2D eigenvalue weighted by molar-refractivity contribution is -0.113. The molecule has 0 radical (unpaired) electrons. The maximum Gasteiger partial charge on any atom is 0.137 e. The first-order valence-electron chi connectivity index (χ1n) is 7.96. The molecule has 0 saturated carbocycles. The molecule has 0 bridgehead atoms. The highest BCUT2D eigenvalue weighted by Gasteiger charge is 2.19. The maximum atomic E-state index is 11.6. The summed E-state index contributed by atoms with van der Waals surface area (Å²) < 4.78 is 0. The second-order valence-corrected chi connectivity index (χ2v) is 6.21. The van der Waals surface area contributed by atoms with Gasteiger partial charge in [0.05, 0.1) is 6.04 Å². The third-order valence-corrected chi connectivity index (χ3v) is 3.80. The zero-order valence-electron chi connectivity index (χ0n) is 13.5. The van der Waals surface area contributed by atoms with Crippen molar-refractivity contribution in [2.45, 2.75) is 39.4 Å². The molecule has 22 heavy (non-hydrogen) atoms. The van der Waals surface area contributed by atoms with E-state index in [1.54, 1.807) is 0 Å². The number of nitrogens with zero attached hydrogens (tertiary/aromatic N) is 1. The predicted octanol–water partition coefficient (Wildman–Crippen LogP) is 4.30. The van der Waals surface area contributed by atoms with Crippen LogP contribution >= 0.6 is 0 Å². The van der Waals surface area contributed by atoms with Gasteiger partial charge in [-0.3, -0.25) is 4.90 Å². The van der Waals surface area contributed by atoms with Crippen molar-refractivity contribution in [3.8, 4) is 0 Å². The third kappa shape index (κ3) is 5.12. The fraction of sp³-hybridized carbons (Fsp3) is 0.350. The summed E-state index contributed by atoms with van der Waals surface area (Å²) in [7, 11) is 0. The van der Waals surface area contributed by atoms with Gasteiger partial charge in [-0.25, -0.2) is 0 Å². The van der Waals surface area contributed by atoms with Crippen LogP contribution in [0.15, 0.2) is 60.7 Å². The lowest BCUT2D eigenvalue weighted by Gasteiger charge is -2.29. The number of carbonyl (C=O) groups is 1. The Morgan fingerprint density at radius 3 is 1.68 bits per heavy atom. The van der Waals surface area contributed by atoms with E-state index in [4.69, 9.17) is 0 Å². The predicted molar refractivity (Wildman–Crippen MR) is 91.4 cm³/mol. The van der Waals surface area contributed by atoms with Crippen LogP contribution < -0.4 is 0 Å². The number of aldehydes is 1. The summed E-state index contributed by atoms with van der Waals surface area (Å²) in [6.07, 6.45) is 2.00. The summed E-state index contributed by atoms with van der Waals surface area (Å²) >= 11 is 0. The molecular weight excluding hydrogens is 270 g/mol. The average molecular weight is 295 g/mol. The van der Waals surface area contributed by atoms with Crippen LogP contribution in [-0.4, -0.2) is 17.2 Å². The first-order chi connectivity index (χ1) is 10.7. The second kappa shape index (κ2) is 8.50. The molecule has 0 aliphatic heterocycles. The molecule has 0 aliphatic carbocycles. The van der Waals surface area contributed by atoms with Crippen molar-refractivity contribution < 1.29 is 4.79 Å². The molecule has 1 atom stereocenters. The van der Waals surface area contributed by atoms with Crippen LogP contribution in [0.1, 0.15) is 31.4 Å². The smallest absolute Gasteiger partial charge is 0.137 e. The minimum atomic E-state index is -0.0413. The largest absolute Gasteiger partial charge is 0.302 e. The van der Waals surface area contributed by atoms with E-state index in [-0.39, 0.29) is 6.04 Å². The van der Waals surface area contributed by atoms with Crippen molar-refractivity contribution >= 4 is 6.29 Å². The van der Waals surface area contributed by atoms with E-state index >= 15 is 0 Å². The monoisotopic (exact) mass is 295 g/mol.